The maximum absolute atomic E-state index is 14.3. The molecule has 4 atom stereocenters. The van der Waals surface area contributed by atoms with Crippen LogP contribution < -0.4 is 21.3 Å². The summed E-state index contributed by atoms with van der Waals surface area (Å²) in [7, 11) is 0. The monoisotopic (exact) mass is 1140 g/mol. The normalized spacial score (nSPS) is 20.3. The number of hydrogen-bond donors (Lipinski definition) is 6. The number of anilines is 4. The van der Waals surface area contributed by atoms with E-state index in [0.717, 1.165) is 48.1 Å². The Morgan fingerprint density at radius 2 is 0.686 bits per heavy atom. The highest BCUT2D eigenvalue weighted by atomic mass is 16.2. The molecule has 86 heavy (non-hydrogen) atoms. The lowest BCUT2D eigenvalue weighted by Gasteiger charge is -2.19. The minimum atomic E-state index is -0.207. The summed E-state index contributed by atoms with van der Waals surface area (Å²) in [5, 5.41) is 13.3. The standard InChI is InChI=1S/C72H72N8O6/c1-37(81)39-17-21-41(22-18-39)59-51-25-29-55(73-51)63(61-47(77-65(83)43-33-69(43,3)4)13-11-14-48(61)78-66(84)44-34-70(44,5)6)57-31-27-53(75-57)60(42-23-19-40(20-24-42)38(2)82)54-28-32-58(76-54)64(56-30-26-52(59)74-56)62-49(79-67(85)45-35-71(45,7)8)15-12-16-50(62)80-68(86)46-36-72(46,9)10/h11-27,29-31,43-46,74-75H,28,32-36H2,1-10H3,(H,77,83)(H,78,84)(H,79,85)(H,80,86)/t43-,44+,45-,46+. The fourth-order valence-electron chi connectivity index (χ4n) is 13.0. The van der Waals surface area contributed by atoms with Gasteiger partial charge in [0.2, 0.25) is 23.6 Å². The smallest absolute Gasteiger partial charge is 0.228 e. The summed E-state index contributed by atoms with van der Waals surface area (Å²) < 4.78 is 0. The van der Waals surface area contributed by atoms with E-state index in [1.807, 2.05) is 121 Å². The van der Waals surface area contributed by atoms with Crippen LogP contribution in [0.15, 0.2) is 109 Å². The van der Waals surface area contributed by atoms with Crippen LogP contribution in [0.1, 0.15) is 138 Å². The molecule has 0 unspecified atom stereocenters. The highest BCUT2D eigenvalue weighted by Gasteiger charge is 2.53. The second-order valence-electron chi connectivity index (χ2n) is 27.5. The van der Waals surface area contributed by atoms with E-state index in [2.05, 4.69) is 86.6 Å². The fourth-order valence-corrected chi connectivity index (χ4v) is 13.0. The molecular weight excluding hydrogens is 1070 g/mol. The molecule has 14 nitrogen and oxygen atoms in total. The Kier molecular flexibility index (Phi) is 13.3. The molecule has 6 aliphatic rings. The van der Waals surface area contributed by atoms with E-state index in [-0.39, 0.29) is 80.5 Å². The number of ketones is 2. The molecule has 4 aliphatic carbocycles. The first-order chi connectivity index (χ1) is 40.9. The predicted molar refractivity (Wildman–Crippen MR) is 341 cm³/mol. The van der Waals surface area contributed by atoms with Gasteiger partial charge < -0.3 is 31.2 Å². The van der Waals surface area contributed by atoms with Gasteiger partial charge in [0.15, 0.2) is 11.6 Å². The molecule has 4 fully saturated rings. The van der Waals surface area contributed by atoms with Crippen LogP contribution in [-0.4, -0.2) is 55.1 Å². The number of aromatic nitrogens is 4. The molecule has 8 bridgehead atoms. The second-order valence-corrected chi connectivity index (χ2v) is 27.5. The van der Waals surface area contributed by atoms with Crippen LogP contribution in [0, 0.1) is 45.3 Å². The van der Waals surface area contributed by atoms with Gasteiger partial charge in [0, 0.05) is 90.2 Å². The molecule has 5 heterocycles. The van der Waals surface area contributed by atoms with Gasteiger partial charge in [-0.3, -0.25) is 33.8 Å². The van der Waals surface area contributed by atoms with E-state index in [1.165, 1.54) is 0 Å². The Balaban J connectivity index is 1.14. The molecule has 14 heteroatoms. The molecule has 4 saturated carbocycles. The summed E-state index contributed by atoms with van der Waals surface area (Å²) in [6.45, 7) is 19.8. The van der Waals surface area contributed by atoms with Crippen LogP contribution in [0.5, 0.6) is 0 Å². The van der Waals surface area contributed by atoms with Crippen molar-refractivity contribution in [1.29, 1.82) is 0 Å². The number of nitrogens with one attached hydrogen (secondary N) is 6. The number of nitrogens with zero attached hydrogens (tertiary/aromatic N) is 2. The van der Waals surface area contributed by atoms with Gasteiger partial charge in [-0.15, -0.1) is 0 Å². The SMILES string of the molecule is CC(=O)c1ccc(-c2c3nc(c(-c4c(NC(=O)[C@H]5CC5(C)C)cccc4NC(=O)[C@@H]4CC4(C)C)c4ccc([nH]4)c(-c4ccc(C(C)=O)cc4)c4nc(c(-c5c(NC(=O)[C@H]6CC6(C)C)cccc5NC(=O)[C@@H]5CC5(C)C)c5ccc2[nH]5)CC4)C=C3)cc1. The lowest BCUT2D eigenvalue weighted by Crippen LogP contribution is -2.19. The first-order valence-electron chi connectivity index (χ1n) is 30.0. The summed E-state index contributed by atoms with van der Waals surface area (Å²) in [5.41, 5.74) is 13.3. The molecule has 436 valence electrons. The van der Waals surface area contributed by atoms with Gasteiger partial charge in [0.05, 0.1) is 45.5 Å². The highest BCUT2D eigenvalue weighted by Crippen LogP contribution is 2.56. The van der Waals surface area contributed by atoms with Crippen LogP contribution >= 0.6 is 0 Å². The van der Waals surface area contributed by atoms with Crippen molar-refractivity contribution >= 4 is 92.2 Å². The molecule has 4 amide bonds. The van der Waals surface area contributed by atoms with E-state index in [1.54, 1.807) is 13.8 Å². The van der Waals surface area contributed by atoms with E-state index < -0.39 is 0 Å². The van der Waals surface area contributed by atoms with Gasteiger partial charge in [-0.1, -0.05) is 116 Å². The number of benzene rings is 4. The summed E-state index contributed by atoms with van der Waals surface area (Å²) in [6.07, 6.45) is 7.84. The van der Waals surface area contributed by atoms with Crippen LogP contribution in [0.4, 0.5) is 22.7 Å². The summed E-state index contributed by atoms with van der Waals surface area (Å²) in [5.74, 6) is -1.38. The first-order valence-corrected chi connectivity index (χ1v) is 30.0. The van der Waals surface area contributed by atoms with Gasteiger partial charge in [-0.2, -0.15) is 0 Å². The zero-order valence-corrected chi connectivity index (χ0v) is 50.4. The predicted octanol–water partition coefficient (Wildman–Crippen LogP) is 15.3. The fraction of sp³-hybridized carbons (Fsp3) is 0.333. The average molecular weight is 1150 g/mol. The van der Waals surface area contributed by atoms with Gasteiger partial charge in [-0.05, 0) is 146 Å². The number of rotatable bonds is 14. The number of H-pyrrole nitrogens is 2. The Morgan fingerprint density at radius 3 is 1.05 bits per heavy atom. The number of fused-ring (bicyclic) bond motifs is 8. The minimum Gasteiger partial charge on any atom is -0.354 e. The highest BCUT2D eigenvalue weighted by molar-refractivity contribution is 6.11. The van der Waals surface area contributed by atoms with E-state index in [4.69, 9.17) is 9.97 Å². The van der Waals surface area contributed by atoms with E-state index in [0.29, 0.717) is 114 Å². The third kappa shape index (κ3) is 10.4. The molecule has 0 saturated heterocycles. The molecule has 0 radical (unpaired) electrons. The average Bonchev–Trinajstić information content (AvgIpc) is 4.36. The molecule has 6 N–H and O–H groups in total. The number of amides is 4. The molecule has 13 rings (SSSR count). The van der Waals surface area contributed by atoms with E-state index >= 15 is 0 Å². The molecule has 4 aromatic carbocycles. The summed E-state index contributed by atoms with van der Waals surface area (Å²) >= 11 is 0. The van der Waals surface area contributed by atoms with Crippen molar-refractivity contribution in [3.63, 3.8) is 0 Å². The van der Waals surface area contributed by atoms with Crippen molar-refractivity contribution in [2.24, 2.45) is 45.3 Å². The minimum absolute atomic E-state index is 0.0670. The first kappa shape index (κ1) is 56.1. The third-order valence-electron chi connectivity index (χ3n) is 19.2. The van der Waals surface area contributed by atoms with Crippen molar-refractivity contribution in [3.05, 3.63) is 143 Å². The van der Waals surface area contributed by atoms with Crippen molar-refractivity contribution < 1.29 is 28.8 Å². The van der Waals surface area contributed by atoms with Crippen molar-refractivity contribution in [1.82, 2.24) is 19.9 Å². The quantitative estimate of drug-likeness (QED) is 0.0576. The van der Waals surface area contributed by atoms with Crippen molar-refractivity contribution in [2.45, 2.75) is 108 Å². The Hall–Kier alpha value is -9.04. The summed E-state index contributed by atoms with van der Waals surface area (Å²) in [6, 6.07) is 34.3. The second kappa shape index (κ2) is 20.3. The Labute approximate surface area is 500 Å². The Bertz CT molecular complexity index is 4200. The summed E-state index contributed by atoms with van der Waals surface area (Å²) in [4.78, 5) is 102. The number of aromatic amines is 2. The largest absolute Gasteiger partial charge is 0.354 e. The van der Waals surface area contributed by atoms with Crippen LogP contribution in [0.25, 0.3) is 78.7 Å². The Morgan fingerprint density at radius 1 is 0.384 bits per heavy atom. The molecule has 7 aromatic rings. The zero-order valence-electron chi connectivity index (χ0n) is 50.4. The van der Waals surface area contributed by atoms with E-state index in [9.17, 15) is 28.8 Å². The zero-order chi connectivity index (χ0) is 60.5. The van der Waals surface area contributed by atoms with Crippen LogP contribution in [0.2, 0.25) is 0 Å². The van der Waals surface area contributed by atoms with Gasteiger partial charge in [0.25, 0.3) is 0 Å². The number of hydrogen-bond acceptors (Lipinski definition) is 8. The maximum atomic E-state index is 14.3. The number of Topliss-reactive ketones (excluding diaryl/α,β-unsaturated/α-hetero) is 2. The lowest BCUT2D eigenvalue weighted by molar-refractivity contribution is -0.118. The van der Waals surface area contributed by atoms with Gasteiger partial charge in [0.1, 0.15) is 0 Å². The molecule has 3 aromatic heterocycles. The lowest BCUT2D eigenvalue weighted by atomic mass is 9.97. The third-order valence-corrected chi connectivity index (χ3v) is 19.2. The van der Waals surface area contributed by atoms with Crippen LogP contribution in [0.3, 0.4) is 0 Å². The molecule has 0 spiro atoms. The van der Waals surface area contributed by atoms with Gasteiger partial charge in [-0.25, -0.2) is 4.98 Å². The number of aryl methyl sites for hydroxylation is 2. The number of carbonyl (C=O) groups is 6. The van der Waals surface area contributed by atoms with Crippen LogP contribution in [-0.2, 0) is 32.0 Å². The molecular formula is C72H72N8O6. The topological polar surface area (TPSA) is 208 Å². The van der Waals surface area contributed by atoms with Crippen molar-refractivity contribution in [2.75, 3.05) is 21.3 Å². The molecule has 2 aliphatic heterocycles. The number of carbonyl (C=O) groups excluding carboxylic acids is 6. The maximum Gasteiger partial charge on any atom is 0.228 e. The van der Waals surface area contributed by atoms with Gasteiger partial charge >= 0.3 is 0 Å². The van der Waals surface area contributed by atoms with Crippen molar-refractivity contribution in [3.8, 4) is 44.5 Å².